The Kier molecular flexibility index (Phi) is 6.83. The van der Waals surface area contributed by atoms with Gasteiger partial charge in [0.25, 0.3) is 0 Å². The number of fused-ring (bicyclic) bond motifs is 1. The average Bonchev–Trinajstić information content (AvgIpc) is 3.14. The predicted octanol–water partition coefficient (Wildman–Crippen LogP) is 5.02. The average molecular weight is 502 g/mol. The van der Waals surface area contributed by atoms with E-state index in [-0.39, 0.29) is 18.1 Å². The number of rotatable bonds is 5. The molecule has 0 saturated carbocycles. The van der Waals surface area contributed by atoms with Gasteiger partial charge in [0.2, 0.25) is 5.91 Å². The minimum atomic E-state index is -1.04. The van der Waals surface area contributed by atoms with Gasteiger partial charge in [-0.2, -0.15) is 0 Å². The van der Waals surface area contributed by atoms with E-state index in [1.807, 2.05) is 48.2 Å². The molecule has 2 aromatic carbocycles. The van der Waals surface area contributed by atoms with Crippen molar-refractivity contribution in [3.05, 3.63) is 95.1 Å². The number of hydrogen-bond donors (Lipinski definition) is 0. The number of halogens is 1. The van der Waals surface area contributed by atoms with Crippen molar-refractivity contribution in [2.45, 2.75) is 18.2 Å². The van der Waals surface area contributed by atoms with Gasteiger partial charge in [-0.3, -0.25) is 14.0 Å². The summed E-state index contributed by atoms with van der Waals surface area (Å²) in [5, 5.41) is 0. The van der Waals surface area contributed by atoms with Crippen molar-refractivity contribution in [2.24, 2.45) is 0 Å². The molecule has 0 N–H and O–H groups in total. The summed E-state index contributed by atoms with van der Waals surface area (Å²) < 4.78 is 26.0. The van der Waals surface area contributed by atoms with E-state index in [4.69, 9.17) is 0 Å². The molecule has 0 spiro atoms. The van der Waals surface area contributed by atoms with Crippen molar-refractivity contribution in [1.29, 1.82) is 0 Å². The fourth-order valence-corrected chi connectivity index (χ4v) is 5.46. The summed E-state index contributed by atoms with van der Waals surface area (Å²) in [6, 6.07) is 16.4. The molecule has 1 saturated heterocycles. The van der Waals surface area contributed by atoms with Crippen LogP contribution in [0.5, 0.6) is 0 Å². The number of carbonyl (C=O) groups is 1. The lowest BCUT2D eigenvalue weighted by molar-refractivity contribution is -0.130. The molecule has 1 aromatic heterocycles. The number of benzene rings is 2. The van der Waals surface area contributed by atoms with E-state index in [0.29, 0.717) is 13.1 Å². The largest absolute Gasteiger partial charge is 0.368 e. The lowest BCUT2D eigenvalue weighted by Gasteiger charge is -2.36. The second-order valence-corrected chi connectivity index (χ2v) is 10.5. The number of nitrogens with zero attached hydrogens (tertiary/aromatic N) is 3. The van der Waals surface area contributed by atoms with Crippen LogP contribution >= 0.6 is 0 Å². The molecule has 184 valence electrons. The van der Waals surface area contributed by atoms with E-state index >= 15 is 0 Å². The third-order valence-corrected chi connectivity index (χ3v) is 7.90. The second kappa shape index (κ2) is 10.2. The zero-order valence-electron chi connectivity index (χ0n) is 20.4. The molecule has 5 nitrogen and oxygen atoms in total. The summed E-state index contributed by atoms with van der Waals surface area (Å²) in [4.78, 5) is 22.3. The summed E-state index contributed by atoms with van der Waals surface area (Å²) in [5.74, 6) is -0.251. The van der Waals surface area contributed by atoms with Crippen molar-refractivity contribution in [2.75, 3.05) is 37.3 Å². The number of amides is 1. The summed E-state index contributed by atoms with van der Waals surface area (Å²) >= 11 is 0. The third kappa shape index (κ3) is 4.88. The fraction of sp³-hybridized carbons (Fsp3) is 0.241. The molecule has 2 aliphatic rings. The molecule has 36 heavy (non-hydrogen) atoms. The Morgan fingerprint density at radius 1 is 1.00 bits per heavy atom. The van der Waals surface area contributed by atoms with Crippen LogP contribution in [0.1, 0.15) is 30.0 Å². The molecule has 1 fully saturated rings. The van der Waals surface area contributed by atoms with Crippen LogP contribution in [-0.2, 0) is 15.6 Å². The van der Waals surface area contributed by atoms with Gasteiger partial charge in [0.05, 0.1) is 6.42 Å². The first kappa shape index (κ1) is 24.1. The highest BCUT2D eigenvalue weighted by atomic mass is 32.2. The molecule has 7 heteroatoms. The smallest absolute Gasteiger partial charge is 0.227 e. The second-order valence-electron chi connectivity index (χ2n) is 9.12. The van der Waals surface area contributed by atoms with Crippen LogP contribution in [0.25, 0.3) is 17.2 Å². The lowest BCUT2D eigenvalue weighted by atomic mass is 10.0. The quantitative estimate of drug-likeness (QED) is 0.492. The number of aromatic nitrogens is 1. The minimum absolute atomic E-state index is 0.0602. The molecular weight excluding hydrogens is 473 g/mol. The van der Waals surface area contributed by atoms with E-state index in [1.54, 1.807) is 24.7 Å². The Morgan fingerprint density at radius 2 is 1.69 bits per heavy atom. The molecule has 1 unspecified atom stereocenters. The van der Waals surface area contributed by atoms with Crippen LogP contribution < -0.4 is 4.90 Å². The number of carbonyl (C=O) groups excluding carboxylic acids is 1. The molecule has 0 radical (unpaired) electrons. The highest BCUT2D eigenvalue weighted by Gasteiger charge is 2.28. The summed E-state index contributed by atoms with van der Waals surface area (Å²) in [6.07, 6.45) is 7.51. The predicted molar refractivity (Wildman–Crippen MR) is 143 cm³/mol. The van der Waals surface area contributed by atoms with Crippen LogP contribution in [0, 0.1) is 5.82 Å². The molecule has 1 atom stereocenters. The molecule has 2 heterocycles. The van der Waals surface area contributed by atoms with Crippen LogP contribution in [0.15, 0.2) is 77.5 Å². The van der Waals surface area contributed by atoms with Gasteiger partial charge in [-0.1, -0.05) is 18.2 Å². The molecular formula is C29H28FN3O2S. The molecule has 1 aliphatic carbocycles. The summed E-state index contributed by atoms with van der Waals surface area (Å²) in [7, 11) is -1.04. The van der Waals surface area contributed by atoms with Crippen molar-refractivity contribution in [3.63, 3.8) is 0 Å². The maximum Gasteiger partial charge on any atom is 0.227 e. The Labute approximate surface area is 213 Å². The Morgan fingerprint density at radius 3 is 2.36 bits per heavy atom. The van der Waals surface area contributed by atoms with Gasteiger partial charge in [-0.05, 0) is 82.8 Å². The van der Waals surface area contributed by atoms with Gasteiger partial charge in [0.15, 0.2) is 0 Å². The van der Waals surface area contributed by atoms with Crippen LogP contribution in [0.4, 0.5) is 10.1 Å². The molecule has 1 aliphatic heterocycles. The first-order valence-corrected chi connectivity index (χ1v) is 13.5. The maximum absolute atomic E-state index is 14.3. The van der Waals surface area contributed by atoms with Crippen molar-refractivity contribution < 1.29 is 13.4 Å². The Bertz CT molecular complexity index is 1380. The van der Waals surface area contributed by atoms with Gasteiger partial charge in [-0.15, -0.1) is 0 Å². The third-order valence-electron chi connectivity index (χ3n) is 6.96. The van der Waals surface area contributed by atoms with Gasteiger partial charge < -0.3 is 9.80 Å². The van der Waals surface area contributed by atoms with Gasteiger partial charge in [0, 0.05) is 66.2 Å². The number of allylic oxidation sites excluding steroid dienone is 2. The summed E-state index contributed by atoms with van der Waals surface area (Å²) in [6.45, 7) is 4.84. The maximum atomic E-state index is 14.3. The van der Waals surface area contributed by atoms with Crippen molar-refractivity contribution in [1.82, 2.24) is 9.88 Å². The number of hydrogen-bond acceptors (Lipinski definition) is 4. The zero-order valence-corrected chi connectivity index (χ0v) is 21.2. The van der Waals surface area contributed by atoms with Gasteiger partial charge in [-0.25, -0.2) is 4.39 Å². The topological polar surface area (TPSA) is 53.5 Å². The minimum Gasteiger partial charge on any atom is -0.368 e. The van der Waals surface area contributed by atoms with E-state index in [1.165, 1.54) is 12.1 Å². The first-order valence-electron chi connectivity index (χ1n) is 12.0. The lowest BCUT2D eigenvalue weighted by Crippen LogP contribution is -2.48. The normalized spacial score (nSPS) is 17.5. The molecule has 1 amide bonds. The Balaban J connectivity index is 1.37. The van der Waals surface area contributed by atoms with E-state index < -0.39 is 10.8 Å². The van der Waals surface area contributed by atoms with Crippen LogP contribution in [0.2, 0.25) is 0 Å². The molecule has 3 aromatic rings. The number of piperazine rings is 1. The molecule has 5 rings (SSSR count). The highest BCUT2D eigenvalue weighted by Crippen LogP contribution is 2.44. The van der Waals surface area contributed by atoms with Crippen LogP contribution in [-0.4, -0.2) is 52.4 Å². The van der Waals surface area contributed by atoms with Crippen molar-refractivity contribution in [3.8, 4) is 0 Å². The first-order chi connectivity index (χ1) is 17.4. The Hall–Kier alpha value is -3.58. The van der Waals surface area contributed by atoms with E-state index in [0.717, 1.165) is 57.1 Å². The van der Waals surface area contributed by atoms with E-state index in [9.17, 15) is 13.4 Å². The standard InChI is InChI=1S/C29H28FN3O2S/c1-20-26(17-21-3-6-24(7-4-21)36(2)35)25-8-5-22(30)18-28(25)27(20)19-29(34)33-15-13-32(14-16-33)23-9-11-31-12-10-23/h3-12,17-18H,13-16,19H2,1-2H3/b26-17-. The van der Waals surface area contributed by atoms with E-state index in [2.05, 4.69) is 16.0 Å². The SMILES string of the molecule is CC1=C(CC(=O)N2CCN(c3ccncc3)CC2)c2cc(F)ccc2/C1=C\c1ccc(S(C)=O)cc1. The zero-order chi connectivity index (χ0) is 25.2. The van der Waals surface area contributed by atoms with Gasteiger partial charge >= 0.3 is 0 Å². The van der Waals surface area contributed by atoms with Gasteiger partial charge in [0.1, 0.15) is 5.82 Å². The fourth-order valence-electron chi connectivity index (χ4n) is 4.94. The van der Waals surface area contributed by atoms with Crippen molar-refractivity contribution >= 4 is 39.6 Å². The molecule has 0 bridgehead atoms. The number of anilines is 1. The number of pyridine rings is 1. The monoisotopic (exact) mass is 501 g/mol. The highest BCUT2D eigenvalue weighted by molar-refractivity contribution is 7.84. The summed E-state index contributed by atoms with van der Waals surface area (Å²) in [5.41, 5.74) is 6.65. The van der Waals surface area contributed by atoms with Crippen LogP contribution in [0.3, 0.4) is 0 Å².